The number of fused-ring (bicyclic) bond motifs is 1. The minimum Gasteiger partial charge on any atom is -0.389 e. The summed E-state index contributed by atoms with van der Waals surface area (Å²) in [6.45, 7) is 4.95. The molecule has 2 rings (SSSR count). The zero-order valence-corrected chi connectivity index (χ0v) is 9.75. The lowest BCUT2D eigenvalue weighted by Gasteiger charge is -2.17. The molecular weight excluding hydrogens is 200 g/mol. The largest absolute Gasteiger partial charge is 0.389 e. The number of hydrogen-bond acceptors (Lipinski definition) is 2. The van der Waals surface area contributed by atoms with Crippen molar-refractivity contribution in [3.05, 3.63) is 36.0 Å². The van der Waals surface area contributed by atoms with E-state index in [0.717, 1.165) is 6.54 Å². The summed E-state index contributed by atoms with van der Waals surface area (Å²) < 4.78 is 0. The molecule has 0 amide bonds. The van der Waals surface area contributed by atoms with Crippen molar-refractivity contribution in [3.63, 3.8) is 0 Å². The van der Waals surface area contributed by atoms with Crippen molar-refractivity contribution in [2.75, 3.05) is 6.54 Å². The zero-order chi connectivity index (χ0) is 11.6. The van der Waals surface area contributed by atoms with E-state index in [-0.39, 0.29) is 0 Å². The van der Waals surface area contributed by atoms with Crippen LogP contribution >= 0.6 is 0 Å². The SMILES string of the molecule is CC(C)(O)CNCc1cccc2cc[nH]c12. The van der Waals surface area contributed by atoms with Gasteiger partial charge in [-0.15, -0.1) is 0 Å². The number of aliphatic hydroxyl groups is 1. The van der Waals surface area contributed by atoms with Crippen LogP contribution in [-0.2, 0) is 6.54 Å². The molecule has 3 heteroatoms. The highest BCUT2D eigenvalue weighted by atomic mass is 16.3. The second-order valence-corrected chi connectivity index (χ2v) is 4.78. The number of rotatable bonds is 4. The van der Waals surface area contributed by atoms with E-state index in [1.807, 2.05) is 6.20 Å². The van der Waals surface area contributed by atoms with Gasteiger partial charge >= 0.3 is 0 Å². The summed E-state index contributed by atoms with van der Waals surface area (Å²) in [6.07, 6.45) is 1.95. The molecule has 86 valence electrons. The molecule has 3 nitrogen and oxygen atoms in total. The molecule has 1 heterocycles. The molecule has 0 atom stereocenters. The number of nitrogens with one attached hydrogen (secondary N) is 2. The van der Waals surface area contributed by atoms with E-state index in [2.05, 4.69) is 34.6 Å². The first kappa shape index (κ1) is 11.2. The third-order valence-corrected chi connectivity index (χ3v) is 2.55. The second-order valence-electron chi connectivity index (χ2n) is 4.78. The minimum atomic E-state index is -0.663. The van der Waals surface area contributed by atoms with Crippen LogP contribution < -0.4 is 5.32 Å². The molecule has 1 aromatic carbocycles. The molecule has 0 aliphatic rings. The van der Waals surface area contributed by atoms with Gasteiger partial charge in [0.1, 0.15) is 0 Å². The summed E-state index contributed by atoms with van der Waals surface area (Å²) in [7, 11) is 0. The van der Waals surface area contributed by atoms with Crippen molar-refractivity contribution < 1.29 is 5.11 Å². The van der Waals surface area contributed by atoms with E-state index in [9.17, 15) is 5.11 Å². The number of aromatic nitrogens is 1. The summed E-state index contributed by atoms with van der Waals surface area (Å²) >= 11 is 0. The average Bonchev–Trinajstić information content (AvgIpc) is 2.64. The topological polar surface area (TPSA) is 48.0 Å². The van der Waals surface area contributed by atoms with Gasteiger partial charge in [-0.3, -0.25) is 0 Å². The Bertz CT molecular complexity index is 468. The molecule has 3 N–H and O–H groups in total. The Morgan fingerprint density at radius 3 is 2.88 bits per heavy atom. The van der Waals surface area contributed by atoms with Crippen LogP contribution in [0.4, 0.5) is 0 Å². The Hall–Kier alpha value is -1.32. The smallest absolute Gasteiger partial charge is 0.0715 e. The highest BCUT2D eigenvalue weighted by molar-refractivity contribution is 5.82. The van der Waals surface area contributed by atoms with Gasteiger partial charge in [-0.05, 0) is 30.9 Å². The summed E-state index contributed by atoms with van der Waals surface area (Å²) in [5.74, 6) is 0. The summed E-state index contributed by atoms with van der Waals surface area (Å²) in [5, 5.41) is 14.1. The Balaban J connectivity index is 2.07. The Kier molecular flexibility index (Phi) is 2.99. The van der Waals surface area contributed by atoms with Crippen molar-refractivity contribution >= 4 is 10.9 Å². The quantitative estimate of drug-likeness (QED) is 0.735. The molecule has 0 saturated heterocycles. The standard InChI is InChI=1S/C13H18N2O/c1-13(2,16)9-14-8-11-5-3-4-10-6-7-15-12(10)11/h3-7,14-16H,8-9H2,1-2H3. The number of para-hydroxylation sites is 1. The fraction of sp³-hybridized carbons (Fsp3) is 0.385. The Labute approximate surface area is 95.5 Å². The predicted molar refractivity (Wildman–Crippen MR) is 66.3 cm³/mol. The van der Waals surface area contributed by atoms with Gasteiger partial charge in [0, 0.05) is 24.8 Å². The van der Waals surface area contributed by atoms with Crippen LogP contribution in [-0.4, -0.2) is 22.2 Å². The fourth-order valence-electron chi connectivity index (χ4n) is 1.80. The maximum absolute atomic E-state index is 9.60. The van der Waals surface area contributed by atoms with Gasteiger partial charge in [0.05, 0.1) is 5.60 Å². The van der Waals surface area contributed by atoms with Gasteiger partial charge in [0.2, 0.25) is 0 Å². The van der Waals surface area contributed by atoms with Gasteiger partial charge in [0.15, 0.2) is 0 Å². The molecule has 16 heavy (non-hydrogen) atoms. The van der Waals surface area contributed by atoms with Gasteiger partial charge in [-0.2, -0.15) is 0 Å². The molecule has 1 aromatic heterocycles. The molecule has 0 radical (unpaired) electrons. The molecule has 0 spiro atoms. The molecule has 2 aromatic rings. The second kappa shape index (κ2) is 4.28. The van der Waals surface area contributed by atoms with E-state index < -0.39 is 5.60 Å². The average molecular weight is 218 g/mol. The minimum absolute atomic E-state index is 0.587. The van der Waals surface area contributed by atoms with Crippen LogP contribution in [0.1, 0.15) is 19.4 Å². The summed E-state index contributed by atoms with van der Waals surface area (Å²) in [6, 6.07) is 8.30. The first-order valence-corrected chi connectivity index (χ1v) is 5.54. The monoisotopic (exact) mass is 218 g/mol. The van der Waals surface area contributed by atoms with Crippen LogP contribution in [0.3, 0.4) is 0 Å². The predicted octanol–water partition coefficient (Wildman–Crippen LogP) is 2.03. The maximum atomic E-state index is 9.60. The van der Waals surface area contributed by atoms with Crippen LogP contribution in [0.5, 0.6) is 0 Å². The van der Waals surface area contributed by atoms with Crippen LogP contribution in [0, 0.1) is 0 Å². The fourth-order valence-corrected chi connectivity index (χ4v) is 1.80. The lowest BCUT2D eigenvalue weighted by atomic mass is 10.1. The Morgan fingerprint density at radius 2 is 2.12 bits per heavy atom. The highest BCUT2D eigenvalue weighted by Gasteiger charge is 2.11. The third kappa shape index (κ3) is 2.62. The van der Waals surface area contributed by atoms with E-state index in [4.69, 9.17) is 0 Å². The molecule has 0 unspecified atom stereocenters. The van der Waals surface area contributed by atoms with Crippen molar-refractivity contribution in [2.24, 2.45) is 0 Å². The Morgan fingerprint density at radius 1 is 1.31 bits per heavy atom. The van der Waals surface area contributed by atoms with E-state index in [0.29, 0.717) is 6.54 Å². The van der Waals surface area contributed by atoms with Crippen LogP contribution in [0.25, 0.3) is 10.9 Å². The maximum Gasteiger partial charge on any atom is 0.0715 e. The first-order chi connectivity index (χ1) is 7.56. The van der Waals surface area contributed by atoms with Crippen molar-refractivity contribution in [1.82, 2.24) is 10.3 Å². The molecule has 0 bridgehead atoms. The van der Waals surface area contributed by atoms with Crippen molar-refractivity contribution in [3.8, 4) is 0 Å². The molecule has 0 aliphatic carbocycles. The van der Waals surface area contributed by atoms with E-state index in [1.54, 1.807) is 13.8 Å². The molecular formula is C13H18N2O. The number of H-pyrrole nitrogens is 1. The normalized spacial score (nSPS) is 12.2. The van der Waals surface area contributed by atoms with Crippen molar-refractivity contribution in [2.45, 2.75) is 26.0 Å². The van der Waals surface area contributed by atoms with Gasteiger partial charge in [-0.25, -0.2) is 0 Å². The van der Waals surface area contributed by atoms with Crippen LogP contribution in [0.15, 0.2) is 30.5 Å². The van der Waals surface area contributed by atoms with Gasteiger partial charge in [0.25, 0.3) is 0 Å². The number of benzene rings is 1. The summed E-state index contributed by atoms with van der Waals surface area (Å²) in [5.41, 5.74) is 1.74. The lowest BCUT2D eigenvalue weighted by Crippen LogP contribution is -2.34. The van der Waals surface area contributed by atoms with E-state index in [1.165, 1.54) is 16.5 Å². The number of hydrogen-bond donors (Lipinski definition) is 3. The van der Waals surface area contributed by atoms with Gasteiger partial charge < -0.3 is 15.4 Å². The highest BCUT2D eigenvalue weighted by Crippen LogP contribution is 2.16. The van der Waals surface area contributed by atoms with Gasteiger partial charge in [-0.1, -0.05) is 18.2 Å². The zero-order valence-electron chi connectivity index (χ0n) is 9.75. The lowest BCUT2D eigenvalue weighted by molar-refractivity contribution is 0.0795. The van der Waals surface area contributed by atoms with Crippen LogP contribution in [0.2, 0.25) is 0 Å². The molecule has 0 saturated carbocycles. The third-order valence-electron chi connectivity index (χ3n) is 2.55. The van der Waals surface area contributed by atoms with E-state index >= 15 is 0 Å². The molecule has 0 fully saturated rings. The molecule has 0 aliphatic heterocycles. The summed E-state index contributed by atoms with van der Waals surface area (Å²) in [4.78, 5) is 3.23. The first-order valence-electron chi connectivity index (χ1n) is 5.54. The van der Waals surface area contributed by atoms with Crippen molar-refractivity contribution in [1.29, 1.82) is 0 Å². The number of aromatic amines is 1.